The van der Waals surface area contributed by atoms with Gasteiger partial charge < -0.3 is 11.1 Å². The Morgan fingerprint density at radius 3 is 2.54 bits per heavy atom. The highest BCUT2D eigenvalue weighted by Gasteiger charge is 2.24. The van der Waals surface area contributed by atoms with Crippen molar-refractivity contribution in [3.05, 3.63) is 29.8 Å². The number of amides is 1. The van der Waals surface area contributed by atoms with Gasteiger partial charge in [-0.05, 0) is 18.4 Å². The average Bonchev–Trinajstić information content (AvgIpc) is 2.79. The molecule has 0 aliphatic carbocycles. The van der Waals surface area contributed by atoms with Crippen molar-refractivity contribution >= 4 is 39.0 Å². The topological polar surface area (TPSA) is 107 Å². The van der Waals surface area contributed by atoms with Crippen molar-refractivity contribution in [3.63, 3.8) is 0 Å². The van der Waals surface area contributed by atoms with Crippen molar-refractivity contribution < 1.29 is 22.0 Å². The van der Waals surface area contributed by atoms with Crippen molar-refractivity contribution in [2.45, 2.75) is 16.5 Å². The van der Waals surface area contributed by atoms with Gasteiger partial charge in [0.15, 0.2) is 21.5 Å². The normalized spacial score (nSPS) is 11.5. The lowest BCUT2D eigenvalue weighted by Gasteiger charge is -2.07. The van der Waals surface area contributed by atoms with Crippen molar-refractivity contribution in [2.24, 2.45) is 0 Å². The molecule has 3 N–H and O–H groups in total. The van der Waals surface area contributed by atoms with E-state index in [0.717, 1.165) is 34.8 Å². The van der Waals surface area contributed by atoms with Crippen LogP contribution in [0.25, 0.3) is 0 Å². The molecule has 0 atom stereocenters. The fourth-order valence-electron chi connectivity index (χ4n) is 1.95. The van der Waals surface area contributed by atoms with E-state index in [0.29, 0.717) is 0 Å². The maximum Gasteiger partial charge on any atom is 0.246 e. The number of thioether (sulfide) groups is 1. The van der Waals surface area contributed by atoms with E-state index in [1.165, 1.54) is 6.07 Å². The van der Waals surface area contributed by atoms with Crippen molar-refractivity contribution in [3.8, 4) is 0 Å². The highest BCUT2D eigenvalue weighted by Crippen LogP contribution is 2.29. The maximum absolute atomic E-state index is 13.1. The van der Waals surface area contributed by atoms with E-state index in [1.807, 2.05) is 0 Å². The van der Waals surface area contributed by atoms with Gasteiger partial charge >= 0.3 is 0 Å². The number of anilines is 2. The molecule has 2 rings (SSSR count). The molecule has 7 nitrogen and oxygen atoms in total. The van der Waals surface area contributed by atoms with Gasteiger partial charge in [0, 0.05) is 18.0 Å². The number of benzene rings is 1. The van der Waals surface area contributed by atoms with Crippen LogP contribution in [0.1, 0.15) is 0 Å². The van der Waals surface area contributed by atoms with E-state index in [2.05, 4.69) is 10.4 Å². The summed E-state index contributed by atoms with van der Waals surface area (Å²) < 4.78 is 50.6. The Morgan fingerprint density at radius 2 is 2.04 bits per heavy atom. The van der Waals surface area contributed by atoms with Gasteiger partial charge in [0.1, 0.15) is 22.3 Å². The van der Waals surface area contributed by atoms with Crippen LogP contribution in [0, 0.1) is 11.6 Å². The molecule has 130 valence electrons. The van der Waals surface area contributed by atoms with Gasteiger partial charge in [-0.3, -0.25) is 4.79 Å². The number of carbonyl (C=O) groups is 1. The largest absolute Gasteiger partial charge is 0.383 e. The Balaban J connectivity index is 2.23. The molecular formula is C13H14F2N4O3S2. The standard InChI is InChI=1S/C13H14F2N4O3S2/c1-23-13-11(24(2,21)22)12(16)19(18-13)6-10(20)17-7-3-4-8(14)9(15)5-7/h3-5H,6,16H2,1-2H3,(H,17,20). The number of hydrogen-bond donors (Lipinski definition) is 2. The zero-order chi connectivity index (χ0) is 18.1. The summed E-state index contributed by atoms with van der Waals surface area (Å²) in [5.74, 6) is -2.92. The second kappa shape index (κ2) is 6.77. The smallest absolute Gasteiger partial charge is 0.246 e. The first-order chi connectivity index (χ1) is 11.1. The van der Waals surface area contributed by atoms with Crippen LogP contribution < -0.4 is 11.1 Å². The maximum atomic E-state index is 13.1. The lowest BCUT2D eigenvalue weighted by Crippen LogP contribution is -2.21. The molecule has 1 amide bonds. The van der Waals surface area contributed by atoms with Gasteiger partial charge in [-0.2, -0.15) is 5.10 Å². The second-order valence-electron chi connectivity index (χ2n) is 4.83. The number of halogens is 2. The van der Waals surface area contributed by atoms with Crippen molar-refractivity contribution in [1.29, 1.82) is 0 Å². The molecule has 0 aliphatic heterocycles. The van der Waals surface area contributed by atoms with Gasteiger partial charge in [-0.25, -0.2) is 21.9 Å². The fraction of sp³-hybridized carbons (Fsp3) is 0.231. The fourth-order valence-corrected chi connectivity index (χ4v) is 3.97. The van der Waals surface area contributed by atoms with Gasteiger partial charge in [0.25, 0.3) is 0 Å². The molecular weight excluding hydrogens is 362 g/mol. The molecule has 0 saturated heterocycles. The Kier molecular flexibility index (Phi) is 5.13. The quantitative estimate of drug-likeness (QED) is 0.766. The summed E-state index contributed by atoms with van der Waals surface area (Å²) in [6.45, 7) is -0.381. The number of sulfone groups is 1. The number of nitrogens with zero attached hydrogens (tertiary/aromatic N) is 2. The number of aromatic nitrogens is 2. The van der Waals surface area contributed by atoms with Crippen molar-refractivity contribution in [2.75, 3.05) is 23.6 Å². The first kappa shape index (κ1) is 18.2. The first-order valence-corrected chi connectivity index (χ1v) is 9.60. The van der Waals surface area contributed by atoms with Crippen LogP contribution in [0.5, 0.6) is 0 Å². The van der Waals surface area contributed by atoms with E-state index in [9.17, 15) is 22.0 Å². The van der Waals surface area contributed by atoms with Gasteiger partial charge in [0.2, 0.25) is 5.91 Å². The zero-order valence-corrected chi connectivity index (χ0v) is 14.3. The van der Waals surface area contributed by atoms with E-state index in [1.54, 1.807) is 6.26 Å². The van der Waals surface area contributed by atoms with Gasteiger partial charge in [0.05, 0.1) is 0 Å². The molecule has 0 radical (unpaired) electrons. The van der Waals surface area contributed by atoms with E-state index < -0.39 is 27.4 Å². The Morgan fingerprint density at radius 1 is 1.38 bits per heavy atom. The van der Waals surface area contributed by atoms with Gasteiger partial charge in [-0.1, -0.05) is 0 Å². The van der Waals surface area contributed by atoms with E-state index in [4.69, 9.17) is 5.73 Å². The van der Waals surface area contributed by atoms with Gasteiger partial charge in [-0.15, -0.1) is 11.8 Å². The van der Waals surface area contributed by atoms with Crippen LogP contribution in [0.3, 0.4) is 0 Å². The molecule has 11 heteroatoms. The number of nitrogens with one attached hydrogen (secondary N) is 1. The Labute approximate surface area is 141 Å². The SMILES string of the molecule is CSc1nn(CC(=O)Nc2ccc(F)c(F)c2)c(N)c1S(C)(=O)=O. The highest BCUT2D eigenvalue weighted by molar-refractivity contribution is 7.99. The summed E-state index contributed by atoms with van der Waals surface area (Å²) in [7, 11) is -3.61. The molecule has 0 unspecified atom stereocenters. The minimum absolute atomic E-state index is 0.0538. The molecule has 0 saturated carbocycles. The van der Waals surface area contributed by atoms with Crippen LogP contribution in [-0.4, -0.2) is 36.6 Å². The summed E-state index contributed by atoms with van der Waals surface area (Å²) in [5.41, 5.74) is 5.82. The molecule has 24 heavy (non-hydrogen) atoms. The monoisotopic (exact) mass is 376 g/mol. The number of nitrogens with two attached hydrogens (primary N) is 1. The molecule has 1 heterocycles. The molecule has 0 aliphatic rings. The Bertz CT molecular complexity index is 897. The van der Waals surface area contributed by atoms with Crippen molar-refractivity contribution in [1.82, 2.24) is 9.78 Å². The third-order valence-corrected chi connectivity index (χ3v) is 4.92. The molecule has 0 spiro atoms. The van der Waals surface area contributed by atoms with E-state index >= 15 is 0 Å². The third kappa shape index (κ3) is 3.85. The number of carbonyl (C=O) groups excluding carboxylic acids is 1. The Hall–Kier alpha value is -2.14. The summed E-state index contributed by atoms with van der Waals surface area (Å²) in [6.07, 6.45) is 2.62. The molecule has 0 fully saturated rings. The molecule has 1 aromatic carbocycles. The predicted octanol–water partition coefficient (Wildman–Crippen LogP) is 1.51. The molecule has 0 bridgehead atoms. The zero-order valence-electron chi connectivity index (χ0n) is 12.7. The number of nitrogen functional groups attached to an aromatic ring is 1. The van der Waals surface area contributed by atoms with Crippen LogP contribution in [0.2, 0.25) is 0 Å². The number of rotatable bonds is 5. The average molecular weight is 376 g/mol. The second-order valence-corrected chi connectivity index (χ2v) is 7.58. The van der Waals surface area contributed by atoms with E-state index in [-0.39, 0.29) is 28.0 Å². The molecule has 2 aromatic rings. The summed E-state index contributed by atoms with van der Waals surface area (Å²) in [4.78, 5) is 11.8. The lowest BCUT2D eigenvalue weighted by molar-refractivity contribution is -0.116. The highest BCUT2D eigenvalue weighted by atomic mass is 32.2. The first-order valence-electron chi connectivity index (χ1n) is 6.48. The minimum atomic E-state index is -3.61. The summed E-state index contributed by atoms with van der Waals surface area (Å²) >= 11 is 1.08. The summed E-state index contributed by atoms with van der Waals surface area (Å²) in [5, 5.41) is 6.52. The predicted molar refractivity (Wildman–Crippen MR) is 86.5 cm³/mol. The van der Waals surface area contributed by atoms with Crippen LogP contribution in [-0.2, 0) is 21.2 Å². The van der Waals surface area contributed by atoms with Crippen LogP contribution in [0.15, 0.2) is 28.1 Å². The minimum Gasteiger partial charge on any atom is -0.383 e. The number of hydrogen-bond acceptors (Lipinski definition) is 6. The summed E-state index contributed by atoms with van der Waals surface area (Å²) in [6, 6.07) is 2.90. The van der Waals surface area contributed by atoms with Crippen LogP contribution >= 0.6 is 11.8 Å². The molecule has 1 aromatic heterocycles. The third-order valence-electron chi connectivity index (χ3n) is 2.98. The lowest BCUT2D eigenvalue weighted by atomic mass is 10.3. The van der Waals surface area contributed by atoms with Crippen LogP contribution in [0.4, 0.5) is 20.3 Å².